The highest BCUT2D eigenvalue weighted by molar-refractivity contribution is 5.80. The van der Waals surface area contributed by atoms with Crippen molar-refractivity contribution < 1.29 is 35.9 Å². The number of hydrogen-bond donors (Lipinski definition) is 2. The molecule has 0 spiro atoms. The Hall–Kier alpha value is -2.46. The van der Waals surface area contributed by atoms with Gasteiger partial charge in [-0.05, 0) is 32.9 Å². The molecular weight excluding hydrogens is 368 g/mol. The zero-order valence-electron chi connectivity index (χ0n) is 13.9. The van der Waals surface area contributed by atoms with Crippen molar-refractivity contribution in [2.24, 2.45) is 0 Å². The Kier molecular flexibility index (Phi) is 4.86. The van der Waals surface area contributed by atoms with Gasteiger partial charge in [-0.3, -0.25) is 0 Å². The van der Waals surface area contributed by atoms with Crippen molar-refractivity contribution in [3.63, 3.8) is 0 Å². The normalized spacial score (nSPS) is 13.1. The maximum Gasteiger partial charge on any atom is 0.418 e. The quantitative estimate of drug-likeness (QED) is 0.744. The van der Waals surface area contributed by atoms with Crippen LogP contribution in [0.15, 0.2) is 12.1 Å². The Bertz CT molecular complexity index is 818. The van der Waals surface area contributed by atoms with Crippen LogP contribution in [0.4, 0.5) is 31.1 Å². The van der Waals surface area contributed by atoms with Gasteiger partial charge >= 0.3 is 18.4 Å². The lowest BCUT2D eigenvalue weighted by Gasteiger charge is -2.19. The van der Waals surface area contributed by atoms with Gasteiger partial charge in [0, 0.05) is 5.54 Å². The summed E-state index contributed by atoms with van der Waals surface area (Å²) in [7, 11) is 0. The summed E-state index contributed by atoms with van der Waals surface area (Å²) >= 11 is 0. The number of halogens is 6. The van der Waals surface area contributed by atoms with Crippen LogP contribution in [0.5, 0.6) is 0 Å². The smallest absolute Gasteiger partial charge is 0.418 e. The van der Waals surface area contributed by atoms with Gasteiger partial charge in [0.05, 0.1) is 22.2 Å². The van der Waals surface area contributed by atoms with E-state index >= 15 is 0 Å². The average Bonchev–Trinajstić information content (AvgIpc) is 2.82. The van der Waals surface area contributed by atoms with Crippen molar-refractivity contribution in [2.45, 2.75) is 45.3 Å². The zero-order valence-corrected chi connectivity index (χ0v) is 13.9. The number of aromatic nitrogens is 2. The van der Waals surface area contributed by atoms with E-state index < -0.39 is 52.8 Å². The third-order valence-electron chi connectivity index (χ3n) is 3.09. The standard InChI is InChI=1S/C15H15F6N3O2/c1-13(2,3)24-12(25)26-6-10-22-9-5-7(14(16,17)18)4-8(11(9)23-10)15(19,20)21/h4-5H,6H2,1-3H3,(H,22,23)(H,24,25). The van der Waals surface area contributed by atoms with Crippen LogP contribution in [-0.2, 0) is 23.7 Å². The summed E-state index contributed by atoms with van der Waals surface area (Å²) in [6, 6.07) is 0.511. The maximum absolute atomic E-state index is 13.1. The molecule has 0 unspecified atom stereocenters. The Balaban J connectivity index is 2.36. The summed E-state index contributed by atoms with van der Waals surface area (Å²) in [4.78, 5) is 17.5. The molecule has 0 bridgehead atoms. The van der Waals surface area contributed by atoms with E-state index in [9.17, 15) is 31.1 Å². The first kappa shape index (κ1) is 19.9. The number of alkyl carbamates (subject to hydrolysis) is 1. The summed E-state index contributed by atoms with van der Waals surface area (Å²) < 4.78 is 82.5. The molecule has 1 aromatic heterocycles. The van der Waals surface area contributed by atoms with Gasteiger partial charge in [-0.25, -0.2) is 9.78 Å². The summed E-state index contributed by atoms with van der Waals surface area (Å²) in [5.74, 6) is -0.214. The Morgan fingerprint density at radius 2 is 1.73 bits per heavy atom. The van der Waals surface area contributed by atoms with Crippen LogP contribution in [0.2, 0.25) is 0 Å². The van der Waals surface area contributed by atoms with E-state index in [-0.39, 0.29) is 11.9 Å². The van der Waals surface area contributed by atoms with E-state index in [1.807, 2.05) is 0 Å². The Labute approximate surface area is 143 Å². The van der Waals surface area contributed by atoms with Crippen LogP contribution >= 0.6 is 0 Å². The first-order valence-electron chi connectivity index (χ1n) is 7.29. The third kappa shape index (κ3) is 4.79. The number of hydrogen-bond acceptors (Lipinski definition) is 3. The largest absolute Gasteiger partial charge is 0.441 e. The number of carbonyl (C=O) groups is 1. The van der Waals surface area contributed by atoms with Crippen molar-refractivity contribution in [3.05, 3.63) is 29.1 Å². The molecule has 0 aliphatic rings. The van der Waals surface area contributed by atoms with Crippen molar-refractivity contribution in [2.75, 3.05) is 0 Å². The van der Waals surface area contributed by atoms with Crippen molar-refractivity contribution in [1.82, 2.24) is 15.3 Å². The van der Waals surface area contributed by atoms with Crippen LogP contribution < -0.4 is 5.32 Å². The minimum atomic E-state index is -5.02. The SMILES string of the molecule is CC(C)(C)NC(=O)OCc1nc2cc(C(F)(F)F)cc(C(F)(F)F)c2[nH]1. The molecule has 1 heterocycles. The number of fused-ring (bicyclic) bond motifs is 1. The summed E-state index contributed by atoms with van der Waals surface area (Å²) in [5, 5.41) is 2.46. The topological polar surface area (TPSA) is 67.0 Å². The molecule has 2 rings (SSSR count). The number of benzene rings is 1. The minimum absolute atomic E-state index is 0.0114. The molecule has 5 nitrogen and oxygen atoms in total. The molecule has 11 heteroatoms. The van der Waals surface area contributed by atoms with Gasteiger partial charge < -0.3 is 15.0 Å². The number of carbonyl (C=O) groups excluding carboxylic acids is 1. The van der Waals surface area contributed by atoms with E-state index in [1.165, 1.54) is 0 Å². The van der Waals surface area contributed by atoms with Gasteiger partial charge in [-0.1, -0.05) is 0 Å². The molecule has 0 aliphatic heterocycles. The number of ether oxygens (including phenoxy) is 1. The first-order chi connectivity index (χ1) is 11.7. The van der Waals surface area contributed by atoms with Crippen LogP contribution in [0.3, 0.4) is 0 Å². The van der Waals surface area contributed by atoms with E-state index in [0.717, 1.165) is 0 Å². The van der Waals surface area contributed by atoms with Crippen molar-refractivity contribution in [3.8, 4) is 0 Å². The number of nitrogens with one attached hydrogen (secondary N) is 2. The molecule has 0 saturated heterocycles. The zero-order chi connectivity index (χ0) is 19.9. The number of H-pyrrole nitrogens is 1. The predicted octanol–water partition coefficient (Wildman–Crippen LogP) is 4.63. The van der Waals surface area contributed by atoms with Crippen LogP contribution in [-0.4, -0.2) is 21.6 Å². The molecular formula is C15H15F6N3O2. The van der Waals surface area contributed by atoms with E-state index in [0.29, 0.717) is 6.07 Å². The fourth-order valence-electron chi connectivity index (χ4n) is 2.10. The molecule has 1 amide bonds. The highest BCUT2D eigenvalue weighted by Gasteiger charge is 2.39. The number of nitrogens with zero attached hydrogens (tertiary/aromatic N) is 1. The molecule has 26 heavy (non-hydrogen) atoms. The molecule has 2 aromatic rings. The Morgan fingerprint density at radius 1 is 1.12 bits per heavy atom. The minimum Gasteiger partial charge on any atom is -0.441 e. The number of rotatable bonds is 2. The van der Waals surface area contributed by atoms with E-state index in [2.05, 4.69) is 15.3 Å². The highest BCUT2D eigenvalue weighted by atomic mass is 19.4. The molecule has 0 saturated carbocycles. The lowest BCUT2D eigenvalue weighted by Crippen LogP contribution is -2.40. The molecule has 0 atom stereocenters. The second kappa shape index (κ2) is 6.36. The monoisotopic (exact) mass is 383 g/mol. The third-order valence-corrected chi connectivity index (χ3v) is 3.09. The fourth-order valence-corrected chi connectivity index (χ4v) is 2.10. The average molecular weight is 383 g/mol. The number of alkyl halides is 6. The summed E-state index contributed by atoms with van der Waals surface area (Å²) in [5.41, 5.74) is -4.71. The van der Waals surface area contributed by atoms with Crippen LogP contribution in [0.1, 0.15) is 37.7 Å². The van der Waals surface area contributed by atoms with Gasteiger partial charge in [-0.2, -0.15) is 26.3 Å². The van der Waals surface area contributed by atoms with Gasteiger partial charge in [0.2, 0.25) is 0 Å². The highest BCUT2D eigenvalue weighted by Crippen LogP contribution is 2.39. The number of imidazole rings is 1. The molecule has 0 aliphatic carbocycles. The van der Waals surface area contributed by atoms with E-state index in [4.69, 9.17) is 4.74 Å². The number of aromatic amines is 1. The van der Waals surface area contributed by atoms with Crippen LogP contribution in [0, 0.1) is 0 Å². The first-order valence-corrected chi connectivity index (χ1v) is 7.29. The predicted molar refractivity (Wildman–Crippen MR) is 79.2 cm³/mol. The second-order valence-corrected chi connectivity index (χ2v) is 6.55. The van der Waals surface area contributed by atoms with Crippen LogP contribution in [0.25, 0.3) is 11.0 Å². The summed E-state index contributed by atoms with van der Waals surface area (Å²) in [6.07, 6.45) is -10.8. The molecule has 144 valence electrons. The van der Waals surface area contributed by atoms with Crippen molar-refractivity contribution in [1.29, 1.82) is 0 Å². The second-order valence-electron chi connectivity index (χ2n) is 6.55. The van der Waals surface area contributed by atoms with Gasteiger partial charge in [0.15, 0.2) is 6.61 Å². The molecule has 0 fully saturated rings. The molecule has 0 radical (unpaired) electrons. The van der Waals surface area contributed by atoms with E-state index in [1.54, 1.807) is 20.8 Å². The molecule has 2 N–H and O–H groups in total. The lowest BCUT2D eigenvalue weighted by molar-refractivity contribution is -0.142. The maximum atomic E-state index is 13.1. The van der Waals surface area contributed by atoms with Gasteiger partial charge in [-0.15, -0.1) is 0 Å². The molecule has 1 aromatic carbocycles. The number of amides is 1. The van der Waals surface area contributed by atoms with Gasteiger partial charge in [0.1, 0.15) is 5.82 Å². The fraction of sp³-hybridized carbons (Fsp3) is 0.467. The lowest BCUT2D eigenvalue weighted by atomic mass is 10.1. The van der Waals surface area contributed by atoms with Crippen molar-refractivity contribution >= 4 is 17.1 Å². The Morgan fingerprint density at radius 3 is 2.23 bits per heavy atom. The summed E-state index contributed by atoms with van der Waals surface area (Å²) in [6.45, 7) is 4.52. The van der Waals surface area contributed by atoms with Gasteiger partial charge in [0.25, 0.3) is 0 Å².